The number of hydrogen-bond acceptors (Lipinski definition) is 11. The second-order valence-corrected chi connectivity index (χ2v) is 16.6. The molecule has 1 aliphatic carbocycles. The number of allylic oxidation sites excluding steroid dienone is 2. The Hall–Kier alpha value is -6.45. The van der Waals surface area contributed by atoms with E-state index in [-0.39, 0.29) is 47.7 Å². The van der Waals surface area contributed by atoms with Gasteiger partial charge in [0, 0.05) is 62.5 Å². The lowest BCUT2D eigenvalue weighted by molar-refractivity contribution is -0.172. The molecule has 9 rings (SSSR count). The number of hydrogen-bond donors (Lipinski definition) is 4. The summed E-state index contributed by atoms with van der Waals surface area (Å²) < 4.78 is 14.3. The number of aromatic amines is 1. The molecule has 3 aromatic carbocycles. The summed E-state index contributed by atoms with van der Waals surface area (Å²) >= 11 is 0. The van der Waals surface area contributed by atoms with Gasteiger partial charge >= 0.3 is 17.8 Å². The fourth-order valence-electron chi connectivity index (χ4n) is 9.47. The van der Waals surface area contributed by atoms with Gasteiger partial charge in [0.25, 0.3) is 5.56 Å². The van der Waals surface area contributed by atoms with Gasteiger partial charge in [-0.25, -0.2) is 24.0 Å². The fraction of sp³-hybridized carbons (Fsp3) is 0.370. The predicted octanol–water partition coefficient (Wildman–Crippen LogP) is 5.41. The molecule has 1 amide bonds. The zero-order chi connectivity index (χ0) is 42.9. The highest BCUT2D eigenvalue weighted by Gasteiger charge is 2.46. The molecule has 0 radical (unpaired) electrons. The van der Waals surface area contributed by atoms with E-state index in [2.05, 4.69) is 22.0 Å². The Labute approximate surface area is 351 Å². The third-order valence-corrected chi connectivity index (χ3v) is 12.9. The Balaban J connectivity index is 0.850. The van der Waals surface area contributed by atoms with E-state index in [0.29, 0.717) is 85.8 Å². The summed E-state index contributed by atoms with van der Waals surface area (Å²) in [5.41, 5.74) is 5.72. The number of H-pyrrole nitrogens is 1. The average Bonchev–Trinajstić information content (AvgIpc) is 3.82. The second kappa shape index (κ2) is 15.2. The first-order valence-electron chi connectivity index (χ1n) is 20.8. The van der Waals surface area contributed by atoms with Gasteiger partial charge in [0.15, 0.2) is 11.4 Å². The number of nitrogens with zero attached hydrogens (tertiary/aromatic N) is 5. The largest absolute Gasteiger partial charge is 0.508 e. The first kappa shape index (κ1) is 40.0. The maximum absolute atomic E-state index is 13.8. The van der Waals surface area contributed by atoms with Crippen LogP contribution in [0.2, 0.25) is 0 Å². The number of esters is 1. The summed E-state index contributed by atoms with van der Waals surface area (Å²) in [4.78, 5) is 56.7. The van der Waals surface area contributed by atoms with Crippen LogP contribution in [0, 0.1) is 0 Å². The number of aromatic nitrogens is 4. The number of carbonyl (C=O) groups is 2. The maximum Gasteiger partial charge on any atom is 0.415 e. The molecule has 1 saturated heterocycles. The number of cyclic esters (lactones) is 1. The van der Waals surface area contributed by atoms with Gasteiger partial charge in [0.1, 0.15) is 23.9 Å². The van der Waals surface area contributed by atoms with Crippen LogP contribution in [0.25, 0.3) is 22.6 Å². The molecule has 5 heterocycles. The van der Waals surface area contributed by atoms with Crippen LogP contribution in [0.15, 0.2) is 75.8 Å². The van der Waals surface area contributed by atoms with Gasteiger partial charge < -0.3 is 34.3 Å². The normalized spacial score (nSPS) is 19.7. The van der Waals surface area contributed by atoms with E-state index in [1.54, 1.807) is 22.5 Å². The van der Waals surface area contributed by atoms with Gasteiger partial charge in [-0.05, 0) is 95.0 Å². The number of phenols is 2. The highest BCUT2D eigenvalue weighted by molar-refractivity contribution is 5.83. The number of piperazine rings is 1. The summed E-state index contributed by atoms with van der Waals surface area (Å²) in [6.07, 6.45) is 1.01. The smallest absolute Gasteiger partial charge is 0.415 e. The second-order valence-electron chi connectivity index (χ2n) is 16.6. The van der Waals surface area contributed by atoms with Gasteiger partial charge in [-0.3, -0.25) is 9.69 Å². The first-order chi connectivity index (χ1) is 29.3. The van der Waals surface area contributed by atoms with Gasteiger partial charge in [-0.1, -0.05) is 45.9 Å². The molecule has 0 saturated carbocycles. The summed E-state index contributed by atoms with van der Waals surface area (Å²) in [5, 5.41) is 38.9. The van der Waals surface area contributed by atoms with Crippen LogP contribution in [0.3, 0.4) is 0 Å². The van der Waals surface area contributed by atoms with Gasteiger partial charge in [0.2, 0.25) is 0 Å². The van der Waals surface area contributed by atoms with E-state index in [0.717, 1.165) is 33.5 Å². The minimum atomic E-state index is -1.85. The van der Waals surface area contributed by atoms with Crippen molar-refractivity contribution < 1.29 is 34.4 Å². The first-order valence-corrected chi connectivity index (χ1v) is 20.8. The predicted molar refractivity (Wildman–Crippen MR) is 225 cm³/mol. The van der Waals surface area contributed by atoms with Crippen LogP contribution in [-0.2, 0) is 41.2 Å². The van der Waals surface area contributed by atoms with Crippen molar-refractivity contribution in [1.82, 2.24) is 29.1 Å². The number of fused-ring (bicyclic) bond motifs is 5. The quantitative estimate of drug-likeness (QED) is 0.146. The van der Waals surface area contributed by atoms with Crippen molar-refractivity contribution in [2.45, 2.75) is 84.1 Å². The molecule has 3 aliphatic heterocycles. The molecule has 2 unspecified atom stereocenters. The highest BCUT2D eigenvalue weighted by Crippen LogP contribution is 2.48. The molecule has 4 N–H and O–H groups in total. The molecule has 15 heteroatoms. The maximum atomic E-state index is 13.8. The van der Waals surface area contributed by atoms with Crippen molar-refractivity contribution in [1.29, 1.82) is 0 Å². The topological polar surface area (TPSA) is 192 Å². The molecule has 2 atom stereocenters. The van der Waals surface area contributed by atoms with Crippen LogP contribution in [0.1, 0.15) is 91.4 Å². The van der Waals surface area contributed by atoms with Crippen molar-refractivity contribution in [3.63, 3.8) is 0 Å². The van der Waals surface area contributed by atoms with Crippen LogP contribution in [0.4, 0.5) is 4.79 Å². The van der Waals surface area contributed by atoms with E-state index in [1.807, 2.05) is 62.4 Å². The van der Waals surface area contributed by atoms with E-state index in [9.17, 15) is 34.5 Å². The lowest BCUT2D eigenvalue weighted by Crippen LogP contribution is -2.49. The number of carbonyl (C=O) groups excluding carboxylic acids is 2. The van der Waals surface area contributed by atoms with Gasteiger partial charge in [-0.15, -0.1) is 0 Å². The van der Waals surface area contributed by atoms with E-state index >= 15 is 0 Å². The van der Waals surface area contributed by atoms with Crippen molar-refractivity contribution in [3.8, 4) is 34.3 Å². The minimum absolute atomic E-state index is 0.0187. The molecule has 0 spiro atoms. The summed E-state index contributed by atoms with van der Waals surface area (Å²) in [6.45, 7) is 10.7. The van der Waals surface area contributed by atoms with Crippen LogP contribution in [-0.4, -0.2) is 82.7 Å². The zero-order valence-corrected chi connectivity index (χ0v) is 34.5. The van der Waals surface area contributed by atoms with Crippen molar-refractivity contribution in [3.05, 3.63) is 126 Å². The number of pyridine rings is 1. The average molecular weight is 829 g/mol. The molecule has 5 aromatic rings. The monoisotopic (exact) mass is 828 g/mol. The summed E-state index contributed by atoms with van der Waals surface area (Å²) in [7, 11) is 0. The lowest BCUT2D eigenvalue weighted by Gasteiger charge is -2.34. The zero-order valence-electron chi connectivity index (χ0n) is 34.5. The van der Waals surface area contributed by atoms with E-state index in [4.69, 9.17) is 9.47 Å². The molecule has 61 heavy (non-hydrogen) atoms. The minimum Gasteiger partial charge on any atom is -0.508 e. The third-order valence-electron chi connectivity index (χ3n) is 12.9. The molecular weight excluding hydrogens is 781 g/mol. The van der Waals surface area contributed by atoms with Crippen LogP contribution >= 0.6 is 0 Å². The lowest BCUT2D eigenvalue weighted by atomic mass is 9.77. The van der Waals surface area contributed by atoms with Crippen LogP contribution < -0.4 is 16.0 Å². The Morgan fingerprint density at radius 1 is 0.967 bits per heavy atom. The Morgan fingerprint density at radius 3 is 2.43 bits per heavy atom. The van der Waals surface area contributed by atoms with Crippen LogP contribution in [0.5, 0.6) is 17.2 Å². The molecular formula is C46H48N6O9. The fourth-order valence-corrected chi connectivity index (χ4v) is 9.47. The molecule has 15 nitrogen and oxygen atoms in total. The number of ether oxygens (including phenoxy) is 2. The highest BCUT2D eigenvalue weighted by atomic mass is 16.6. The number of amides is 1. The Bertz CT molecular complexity index is 2760. The molecule has 1 fully saturated rings. The number of rotatable bonds is 8. The van der Waals surface area contributed by atoms with E-state index in [1.165, 1.54) is 10.6 Å². The van der Waals surface area contributed by atoms with E-state index < -0.39 is 23.4 Å². The van der Waals surface area contributed by atoms with Crippen molar-refractivity contribution in [2.75, 3.05) is 26.2 Å². The Morgan fingerprint density at radius 2 is 1.72 bits per heavy atom. The number of nitrogens with one attached hydrogen (secondary N) is 1. The Kier molecular flexibility index (Phi) is 9.98. The molecule has 316 valence electrons. The standard InChI is InChI=1S/C46H48N6O9/c1-5-30-32-18-29(12-9-27(32)17-33-35(30)23-51-38(33)20-37-36(42(51)55)24-60-43(56)46(37,59)6-2)61-45(58)50-15-13-49(14-16-50)22-26-7-10-28(11-8-26)52-41(47-48-44(52)57)34-19-31(25(3)4)39(53)21-40(34)54/h7-12,18-21,25,33,53-54,59H,5-6,13-17,22-24H2,1-4H3,(H,48,57). The number of benzene rings is 3. The van der Waals surface area contributed by atoms with Crippen molar-refractivity contribution in [2.24, 2.45) is 0 Å². The molecule has 2 aromatic heterocycles. The number of aromatic hydroxyl groups is 2. The van der Waals surface area contributed by atoms with Gasteiger partial charge in [-0.2, -0.15) is 5.10 Å². The van der Waals surface area contributed by atoms with Crippen molar-refractivity contribution >= 4 is 17.6 Å². The number of aliphatic hydroxyl groups is 1. The summed E-state index contributed by atoms with van der Waals surface area (Å²) in [6, 6.07) is 18.0. The SMILES string of the molecule is CCC1=C2Cn3c(cc4c(c3=O)COC(=O)C4(O)CC)C2Cc2ccc(OC(=O)N3CCN(Cc4ccc(-n5c(-c6cc(C(C)C)c(O)cc6O)n[nH]c5=O)cc4)CC3)cc21. The van der Waals surface area contributed by atoms with Gasteiger partial charge in [0.05, 0.1) is 16.8 Å². The number of phenolic OH excluding ortho intramolecular Hbond substituents is 2. The third kappa shape index (κ3) is 6.72. The molecule has 4 aliphatic rings. The summed E-state index contributed by atoms with van der Waals surface area (Å²) in [5.74, 6) is -0.368. The molecule has 0 bridgehead atoms.